The Bertz CT molecular complexity index is 535. The van der Waals surface area contributed by atoms with Gasteiger partial charge in [0.15, 0.2) is 0 Å². The van der Waals surface area contributed by atoms with Gasteiger partial charge in [-0.2, -0.15) is 10.5 Å². The van der Waals surface area contributed by atoms with Crippen molar-refractivity contribution in [3.05, 3.63) is 28.8 Å². The van der Waals surface area contributed by atoms with Crippen LogP contribution in [-0.2, 0) is 0 Å². The van der Waals surface area contributed by atoms with Gasteiger partial charge >= 0.3 is 0 Å². The van der Waals surface area contributed by atoms with E-state index in [1.54, 1.807) is 6.07 Å². The van der Waals surface area contributed by atoms with Crippen molar-refractivity contribution in [1.82, 2.24) is 4.90 Å². The second-order valence-corrected chi connectivity index (χ2v) is 4.98. The Morgan fingerprint density at radius 2 is 1.89 bits per heavy atom. The molecule has 5 heteroatoms. The third kappa shape index (κ3) is 2.81. The predicted molar refractivity (Wildman–Crippen MR) is 75.0 cm³/mol. The molecule has 0 bridgehead atoms. The lowest BCUT2D eigenvalue weighted by Crippen LogP contribution is -2.49. The number of anilines is 1. The molecule has 0 spiro atoms. The molecule has 1 saturated heterocycles. The molecule has 0 radical (unpaired) electrons. The van der Waals surface area contributed by atoms with Gasteiger partial charge < -0.3 is 4.90 Å². The van der Waals surface area contributed by atoms with Gasteiger partial charge in [0, 0.05) is 26.2 Å². The highest BCUT2D eigenvalue weighted by Crippen LogP contribution is 2.27. The number of benzene rings is 1. The normalized spacial score (nSPS) is 17.6. The smallest absolute Gasteiger partial charge is 0.103 e. The predicted octanol–water partition coefficient (Wildman–Crippen LogP) is 2.25. The Morgan fingerprint density at radius 3 is 2.47 bits per heavy atom. The minimum Gasteiger partial charge on any atom is -0.368 e. The summed E-state index contributed by atoms with van der Waals surface area (Å²) in [4.78, 5) is 4.30. The molecule has 0 saturated carbocycles. The molecule has 19 heavy (non-hydrogen) atoms. The van der Waals surface area contributed by atoms with Crippen LogP contribution in [0.2, 0.25) is 5.02 Å². The number of halogens is 1. The molecule has 0 N–H and O–H groups in total. The lowest BCUT2D eigenvalue weighted by Gasteiger charge is -2.37. The van der Waals surface area contributed by atoms with Gasteiger partial charge in [-0.3, -0.25) is 4.90 Å². The monoisotopic (exact) mass is 274 g/mol. The highest BCUT2D eigenvalue weighted by Gasteiger charge is 2.22. The maximum absolute atomic E-state index is 9.19. The molecule has 1 aromatic carbocycles. The van der Waals surface area contributed by atoms with Crippen LogP contribution < -0.4 is 4.90 Å². The molecule has 1 heterocycles. The molecule has 2 rings (SSSR count). The maximum Gasteiger partial charge on any atom is 0.103 e. The molecule has 1 fully saturated rings. The van der Waals surface area contributed by atoms with Gasteiger partial charge in [-0.05, 0) is 19.1 Å². The Balaban J connectivity index is 2.13. The standard InChI is InChI=1S/C14H15ClN4/c1-11(9-16)18-5-7-19(8-6-18)14-4-2-3-13(15)12(14)10-17/h2-4,11H,5-8H2,1H3. The molecule has 1 atom stereocenters. The summed E-state index contributed by atoms with van der Waals surface area (Å²) in [6.07, 6.45) is 0. The highest BCUT2D eigenvalue weighted by molar-refractivity contribution is 6.32. The third-order valence-electron chi connectivity index (χ3n) is 3.49. The number of nitriles is 2. The zero-order valence-corrected chi connectivity index (χ0v) is 11.6. The van der Waals surface area contributed by atoms with Crippen molar-refractivity contribution >= 4 is 17.3 Å². The van der Waals surface area contributed by atoms with Crippen molar-refractivity contribution in [1.29, 1.82) is 10.5 Å². The Morgan fingerprint density at radius 1 is 1.21 bits per heavy atom. The van der Waals surface area contributed by atoms with Gasteiger partial charge in [0.25, 0.3) is 0 Å². The van der Waals surface area contributed by atoms with Crippen molar-refractivity contribution in [2.24, 2.45) is 0 Å². The van der Waals surface area contributed by atoms with Gasteiger partial charge in [-0.1, -0.05) is 17.7 Å². The summed E-state index contributed by atoms with van der Waals surface area (Å²) >= 11 is 6.05. The van der Waals surface area contributed by atoms with Crippen molar-refractivity contribution < 1.29 is 0 Å². The van der Waals surface area contributed by atoms with Crippen LogP contribution in [-0.4, -0.2) is 37.1 Å². The summed E-state index contributed by atoms with van der Waals surface area (Å²) in [7, 11) is 0. The van der Waals surface area contributed by atoms with E-state index in [4.69, 9.17) is 16.9 Å². The summed E-state index contributed by atoms with van der Waals surface area (Å²) < 4.78 is 0. The molecule has 1 aromatic rings. The van der Waals surface area contributed by atoms with E-state index in [1.807, 2.05) is 19.1 Å². The SMILES string of the molecule is CC(C#N)N1CCN(c2cccc(Cl)c2C#N)CC1. The highest BCUT2D eigenvalue weighted by atomic mass is 35.5. The first kappa shape index (κ1) is 13.7. The summed E-state index contributed by atoms with van der Waals surface area (Å²) in [5, 5.41) is 18.6. The zero-order chi connectivity index (χ0) is 13.8. The van der Waals surface area contributed by atoms with E-state index in [0.717, 1.165) is 31.9 Å². The molecular formula is C14H15ClN4. The Kier molecular flexibility index (Phi) is 4.27. The number of hydrogen-bond acceptors (Lipinski definition) is 4. The van der Waals surface area contributed by atoms with Gasteiger partial charge in [-0.15, -0.1) is 0 Å². The minimum absolute atomic E-state index is 0.0584. The van der Waals surface area contributed by atoms with Gasteiger partial charge in [0.2, 0.25) is 0 Å². The van der Waals surface area contributed by atoms with E-state index in [1.165, 1.54) is 0 Å². The number of nitrogens with zero attached hydrogens (tertiary/aromatic N) is 4. The van der Waals surface area contributed by atoms with Crippen LogP contribution in [0.4, 0.5) is 5.69 Å². The van der Waals surface area contributed by atoms with Crippen LogP contribution in [0.15, 0.2) is 18.2 Å². The number of hydrogen-bond donors (Lipinski definition) is 0. The molecule has 0 aliphatic carbocycles. The van der Waals surface area contributed by atoms with E-state index < -0.39 is 0 Å². The molecule has 0 amide bonds. The van der Waals surface area contributed by atoms with E-state index >= 15 is 0 Å². The number of rotatable bonds is 2. The molecule has 98 valence electrons. The summed E-state index contributed by atoms with van der Waals surface area (Å²) in [5.41, 5.74) is 1.42. The first-order valence-corrected chi connectivity index (χ1v) is 6.62. The van der Waals surface area contributed by atoms with Gasteiger partial charge in [0.1, 0.15) is 6.07 Å². The third-order valence-corrected chi connectivity index (χ3v) is 3.81. The van der Waals surface area contributed by atoms with Gasteiger partial charge in [-0.25, -0.2) is 0 Å². The summed E-state index contributed by atoms with van der Waals surface area (Å²) in [5.74, 6) is 0. The zero-order valence-electron chi connectivity index (χ0n) is 10.8. The fraction of sp³-hybridized carbons (Fsp3) is 0.429. The first-order valence-electron chi connectivity index (χ1n) is 6.24. The van der Waals surface area contributed by atoms with Crippen LogP contribution in [0.5, 0.6) is 0 Å². The van der Waals surface area contributed by atoms with Crippen molar-refractivity contribution in [2.75, 3.05) is 31.1 Å². The van der Waals surface area contributed by atoms with Crippen LogP contribution in [0.1, 0.15) is 12.5 Å². The van der Waals surface area contributed by atoms with E-state index in [0.29, 0.717) is 10.6 Å². The molecule has 0 aromatic heterocycles. The first-order chi connectivity index (χ1) is 9.17. The molecule has 1 aliphatic heterocycles. The lowest BCUT2D eigenvalue weighted by molar-refractivity contribution is 0.231. The van der Waals surface area contributed by atoms with Crippen molar-refractivity contribution in [3.63, 3.8) is 0 Å². The van der Waals surface area contributed by atoms with Crippen LogP contribution >= 0.6 is 11.6 Å². The van der Waals surface area contributed by atoms with Crippen molar-refractivity contribution in [3.8, 4) is 12.1 Å². The van der Waals surface area contributed by atoms with Crippen LogP contribution in [0.3, 0.4) is 0 Å². The second-order valence-electron chi connectivity index (χ2n) is 4.57. The summed E-state index contributed by atoms with van der Waals surface area (Å²) in [6, 6.07) is 9.89. The topological polar surface area (TPSA) is 54.1 Å². The van der Waals surface area contributed by atoms with Crippen molar-refractivity contribution in [2.45, 2.75) is 13.0 Å². The van der Waals surface area contributed by atoms with E-state index in [2.05, 4.69) is 21.9 Å². The van der Waals surface area contributed by atoms with E-state index in [9.17, 15) is 5.26 Å². The molecular weight excluding hydrogens is 260 g/mol. The fourth-order valence-corrected chi connectivity index (χ4v) is 2.53. The van der Waals surface area contributed by atoms with E-state index in [-0.39, 0.29) is 6.04 Å². The minimum atomic E-state index is -0.0584. The molecule has 4 nitrogen and oxygen atoms in total. The van der Waals surface area contributed by atoms with Gasteiger partial charge in [0.05, 0.1) is 28.4 Å². The number of piperazine rings is 1. The summed E-state index contributed by atoms with van der Waals surface area (Å²) in [6.45, 7) is 5.18. The quantitative estimate of drug-likeness (QED) is 0.830. The van der Waals surface area contributed by atoms with Crippen LogP contribution in [0.25, 0.3) is 0 Å². The Hall–Kier alpha value is -1.75. The fourth-order valence-electron chi connectivity index (χ4n) is 2.32. The second kappa shape index (κ2) is 5.93. The average molecular weight is 275 g/mol. The Labute approximate surface area is 118 Å². The lowest BCUT2D eigenvalue weighted by atomic mass is 10.1. The van der Waals surface area contributed by atoms with Crippen LogP contribution in [0, 0.1) is 22.7 Å². The maximum atomic E-state index is 9.19. The average Bonchev–Trinajstić information content (AvgIpc) is 2.46. The molecule has 1 unspecified atom stereocenters. The molecule has 1 aliphatic rings. The largest absolute Gasteiger partial charge is 0.368 e.